The van der Waals surface area contributed by atoms with Gasteiger partial charge in [0, 0.05) is 16.5 Å². The maximum Gasteiger partial charge on any atom is 0.315 e. The minimum Gasteiger partial charge on any atom is -0.333 e. The molecule has 0 fully saturated rings. The molecule has 1 aromatic heterocycles. The van der Waals surface area contributed by atoms with Crippen molar-refractivity contribution in [3.05, 3.63) is 51.5 Å². The van der Waals surface area contributed by atoms with E-state index in [1.807, 2.05) is 13.8 Å². The second kappa shape index (κ2) is 7.31. The van der Waals surface area contributed by atoms with Crippen LogP contribution in [0.25, 0.3) is 0 Å². The van der Waals surface area contributed by atoms with Gasteiger partial charge in [0.25, 0.3) is 0 Å². The fourth-order valence-corrected chi connectivity index (χ4v) is 2.77. The Morgan fingerprint density at radius 1 is 1.41 bits per heavy atom. The highest BCUT2D eigenvalue weighted by Crippen LogP contribution is 2.20. The summed E-state index contributed by atoms with van der Waals surface area (Å²) in [5.41, 5.74) is 2.86. The zero-order valence-corrected chi connectivity index (χ0v) is 13.1. The topological polar surface area (TPSA) is 54.0 Å². The highest BCUT2D eigenvalue weighted by atomic mass is 32.1. The third-order valence-electron chi connectivity index (χ3n) is 3.31. The predicted octanol–water partition coefficient (Wildman–Crippen LogP) is 3.68. The van der Waals surface area contributed by atoms with Crippen molar-refractivity contribution in [3.8, 4) is 0 Å². The van der Waals surface area contributed by atoms with Crippen molar-refractivity contribution in [2.24, 2.45) is 0 Å². The second-order valence-electron chi connectivity index (χ2n) is 4.81. The van der Waals surface area contributed by atoms with Gasteiger partial charge in [-0.25, -0.2) is 18.6 Å². The molecular weight excluding hydrogens is 308 g/mol. The minimum atomic E-state index is -0.662. The van der Waals surface area contributed by atoms with E-state index in [2.05, 4.69) is 15.6 Å². The number of benzene rings is 1. The van der Waals surface area contributed by atoms with Crippen LogP contribution < -0.4 is 10.6 Å². The van der Waals surface area contributed by atoms with Crippen LogP contribution in [0.5, 0.6) is 0 Å². The molecule has 118 valence electrons. The van der Waals surface area contributed by atoms with Crippen LogP contribution in [0.2, 0.25) is 0 Å². The fourth-order valence-electron chi connectivity index (χ4n) is 2.05. The molecule has 2 amide bonds. The molecule has 0 saturated heterocycles. The molecule has 0 spiro atoms. The van der Waals surface area contributed by atoms with Gasteiger partial charge in [-0.15, -0.1) is 11.3 Å². The number of carbonyl (C=O) groups excluding carboxylic acids is 1. The number of aryl methyl sites for hydroxylation is 1. The summed E-state index contributed by atoms with van der Waals surface area (Å²) in [5, 5.41) is 5.41. The first-order chi connectivity index (χ1) is 10.5. The lowest BCUT2D eigenvalue weighted by Gasteiger charge is -2.18. The average molecular weight is 325 g/mol. The van der Waals surface area contributed by atoms with Crippen LogP contribution in [0, 0.1) is 18.6 Å². The number of hydrogen-bond donors (Lipinski definition) is 2. The van der Waals surface area contributed by atoms with Crippen molar-refractivity contribution in [2.45, 2.75) is 32.9 Å². The van der Waals surface area contributed by atoms with E-state index >= 15 is 0 Å². The summed E-state index contributed by atoms with van der Waals surface area (Å²) in [4.78, 5) is 17.0. The molecule has 2 aromatic rings. The van der Waals surface area contributed by atoms with Crippen LogP contribution in [0.3, 0.4) is 0 Å². The highest BCUT2D eigenvalue weighted by molar-refractivity contribution is 7.09. The van der Waals surface area contributed by atoms with Crippen LogP contribution in [-0.4, -0.2) is 11.0 Å². The Morgan fingerprint density at radius 3 is 2.77 bits per heavy atom. The number of thiazole rings is 1. The normalized spacial score (nSPS) is 12.0. The first-order valence-electron chi connectivity index (χ1n) is 6.89. The van der Waals surface area contributed by atoms with Gasteiger partial charge in [-0.2, -0.15) is 0 Å². The Hall–Kier alpha value is -2.02. The third-order valence-corrected chi connectivity index (χ3v) is 4.24. The monoisotopic (exact) mass is 325 g/mol. The van der Waals surface area contributed by atoms with Gasteiger partial charge in [-0.1, -0.05) is 13.0 Å². The highest BCUT2D eigenvalue weighted by Gasteiger charge is 2.17. The molecule has 4 nitrogen and oxygen atoms in total. The molecule has 7 heteroatoms. The van der Waals surface area contributed by atoms with Crippen molar-refractivity contribution in [3.63, 3.8) is 0 Å². The Kier molecular flexibility index (Phi) is 5.43. The zero-order valence-electron chi connectivity index (χ0n) is 12.3. The van der Waals surface area contributed by atoms with E-state index in [0.717, 1.165) is 16.6 Å². The maximum atomic E-state index is 13.8. The number of carbonyl (C=O) groups is 1. The molecule has 0 aliphatic carbocycles. The van der Waals surface area contributed by atoms with Gasteiger partial charge in [0.2, 0.25) is 0 Å². The Morgan fingerprint density at radius 2 is 2.18 bits per heavy atom. The van der Waals surface area contributed by atoms with Gasteiger partial charge in [0.1, 0.15) is 11.6 Å². The SMILES string of the molecule is CCC(NC(=O)NCc1scnc1C)c1ccc(F)cc1F. The minimum absolute atomic E-state index is 0.271. The Balaban J connectivity index is 1.97. The summed E-state index contributed by atoms with van der Waals surface area (Å²) < 4.78 is 26.7. The molecule has 2 rings (SSSR count). The van der Waals surface area contributed by atoms with Gasteiger partial charge in [-0.3, -0.25) is 0 Å². The third kappa shape index (κ3) is 4.00. The summed E-state index contributed by atoms with van der Waals surface area (Å²) in [6.07, 6.45) is 0.496. The molecule has 0 bridgehead atoms. The second-order valence-corrected chi connectivity index (χ2v) is 5.75. The first-order valence-corrected chi connectivity index (χ1v) is 7.77. The molecule has 2 N–H and O–H groups in total. The number of nitrogens with zero attached hydrogens (tertiary/aromatic N) is 1. The van der Waals surface area contributed by atoms with Crippen molar-refractivity contribution in [2.75, 3.05) is 0 Å². The molecule has 1 unspecified atom stereocenters. The van der Waals surface area contributed by atoms with Crippen LogP contribution in [-0.2, 0) is 6.54 Å². The fraction of sp³-hybridized carbons (Fsp3) is 0.333. The van der Waals surface area contributed by atoms with Gasteiger partial charge in [-0.05, 0) is 19.4 Å². The number of amides is 2. The maximum absolute atomic E-state index is 13.8. The van der Waals surface area contributed by atoms with Crippen LogP contribution in [0.15, 0.2) is 23.7 Å². The summed E-state index contributed by atoms with van der Waals surface area (Å²) in [6, 6.07) is 2.44. The van der Waals surface area contributed by atoms with E-state index in [0.29, 0.717) is 13.0 Å². The van der Waals surface area contributed by atoms with Gasteiger partial charge < -0.3 is 10.6 Å². The van der Waals surface area contributed by atoms with E-state index in [4.69, 9.17) is 0 Å². The quantitative estimate of drug-likeness (QED) is 0.881. The summed E-state index contributed by atoms with van der Waals surface area (Å²) in [5.74, 6) is -1.30. The lowest BCUT2D eigenvalue weighted by Crippen LogP contribution is -2.37. The molecule has 0 aliphatic rings. The van der Waals surface area contributed by atoms with Crippen LogP contribution >= 0.6 is 11.3 Å². The molecule has 0 radical (unpaired) electrons. The van der Waals surface area contributed by atoms with Gasteiger partial charge in [0.15, 0.2) is 0 Å². The molecule has 0 aliphatic heterocycles. The Bertz CT molecular complexity index is 660. The standard InChI is InChI=1S/C15H17F2N3OS/c1-3-13(11-5-4-10(16)6-12(11)17)20-15(21)18-7-14-9(2)19-8-22-14/h4-6,8,13H,3,7H2,1-2H3,(H2,18,20,21). The van der Waals surface area contributed by atoms with E-state index in [1.165, 1.54) is 23.5 Å². The van der Waals surface area contributed by atoms with Crippen molar-refractivity contribution in [1.82, 2.24) is 15.6 Å². The summed E-state index contributed by atoms with van der Waals surface area (Å²) in [6.45, 7) is 4.06. The van der Waals surface area contributed by atoms with E-state index in [9.17, 15) is 13.6 Å². The average Bonchev–Trinajstić information content (AvgIpc) is 2.88. The van der Waals surface area contributed by atoms with Crippen molar-refractivity contribution >= 4 is 17.4 Å². The molecular formula is C15H17F2N3OS. The summed E-state index contributed by atoms with van der Waals surface area (Å²) >= 11 is 1.46. The number of rotatable bonds is 5. The number of hydrogen-bond acceptors (Lipinski definition) is 3. The molecule has 0 saturated carbocycles. The molecule has 1 atom stereocenters. The van der Waals surface area contributed by atoms with Crippen molar-refractivity contribution in [1.29, 1.82) is 0 Å². The van der Waals surface area contributed by atoms with Crippen LogP contribution in [0.4, 0.5) is 13.6 Å². The predicted molar refractivity (Wildman–Crippen MR) is 81.6 cm³/mol. The number of aromatic nitrogens is 1. The van der Waals surface area contributed by atoms with Gasteiger partial charge in [0.05, 0.1) is 23.8 Å². The molecule has 22 heavy (non-hydrogen) atoms. The number of urea groups is 1. The zero-order chi connectivity index (χ0) is 16.1. The van der Waals surface area contributed by atoms with Crippen LogP contribution in [0.1, 0.15) is 35.5 Å². The van der Waals surface area contributed by atoms with E-state index < -0.39 is 23.7 Å². The number of nitrogens with one attached hydrogen (secondary N) is 2. The smallest absolute Gasteiger partial charge is 0.315 e. The lowest BCUT2D eigenvalue weighted by atomic mass is 10.0. The van der Waals surface area contributed by atoms with E-state index in [1.54, 1.807) is 5.51 Å². The first kappa shape index (κ1) is 16.4. The van der Waals surface area contributed by atoms with Crippen molar-refractivity contribution < 1.29 is 13.6 Å². The summed E-state index contributed by atoms with van der Waals surface area (Å²) in [7, 11) is 0. The molecule has 1 heterocycles. The molecule has 1 aromatic carbocycles. The van der Waals surface area contributed by atoms with Gasteiger partial charge >= 0.3 is 6.03 Å². The van der Waals surface area contributed by atoms with E-state index in [-0.39, 0.29) is 5.56 Å². The lowest BCUT2D eigenvalue weighted by molar-refractivity contribution is 0.236. The Labute approximate surface area is 131 Å². The number of halogens is 2. The largest absolute Gasteiger partial charge is 0.333 e.